The average molecular weight is 703 g/mol. The predicted molar refractivity (Wildman–Crippen MR) is 201 cm³/mol. The zero-order valence-corrected chi connectivity index (χ0v) is 31.9. The monoisotopic (exact) mass is 702 g/mol. The molecule has 3 aromatic carbocycles. The first kappa shape index (κ1) is 40.2. The lowest BCUT2D eigenvalue weighted by Crippen LogP contribution is -2.61. The van der Waals surface area contributed by atoms with Crippen molar-refractivity contribution in [3.63, 3.8) is 0 Å². The molecular weight excluding hydrogens is 649 g/mol. The number of hydrogen-bond donors (Lipinski definition) is 3. The summed E-state index contributed by atoms with van der Waals surface area (Å²) in [7, 11) is -0.578. The van der Waals surface area contributed by atoms with Gasteiger partial charge in [0.2, 0.25) is 21.8 Å². The van der Waals surface area contributed by atoms with E-state index in [0.717, 1.165) is 16.7 Å². The highest BCUT2D eigenvalue weighted by atomic mass is 32.2. The number of hydrogen-bond acceptors (Lipinski definition) is 6. The maximum Gasteiger partial charge on any atom is 0.260 e. The van der Waals surface area contributed by atoms with Crippen molar-refractivity contribution >= 4 is 27.7 Å². The van der Waals surface area contributed by atoms with Crippen LogP contribution in [0.5, 0.6) is 0 Å². The van der Waals surface area contributed by atoms with Crippen molar-refractivity contribution in [3.8, 4) is 11.1 Å². The molecule has 0 bridgehead atoms. The zero-order valence-electron chi connectivity index (χ0n) is 31.1. The topological polar surface area (TPSA) is 125 Å². The lowest BCUT2D eigenvalue weighted by atomic mass is 9.76. The number of sulfonamides is 1. The van der Waals surface area contributed by atoms with Gasteiger partial charge in [0, 0.05) is 18.0 Å². The van der Waals surface area contributed by atoms with E-state index >= 15 is 0 Å². The van der Waals surface area contributed by atoms with Crippen molar-refractivity contribution < 1.29 is 22.8 Å². The average Bonchev–Trinajstić information content (AvgIpc) is 3.05. The van der Waals surface area contributed by atoms with Gasteiger partial charge >= 0.3 is 0 Å². The quantitative estimate of drug-likeness (QED) is 0.182. The highest BCUT2D eigenvalue weighted by Crippen LogP contribution is 2.31. The van der Waals surface area contributed by atoms with Gasteiger partial charge in [0.15, 0.2) is 0 Å². The molecule has 3 N–H and O–H groups in total. The summed E-state index contributed by atoms with van der Waals surface area (Å²) in [5, 5.41) is 6.24. The van der Waals surface area contributed by atoms with Crippen LogP contribution in [0.2, 0.25) is 0 Å². The molecule has 50 heavy (non-hydrogen) atoms. The van der Waals surface area contributed by atoms with E-state index in [4.69, 9.17) is 0 Å². The number of rotatable bonds is 14. The Morgan fingerprint density at radius 1 is 0.800 bits per heavy atom. The Morgan fingerprint density at radius 2 is 1.32 bits per heavy atom. The van der Waals surface area contributed by atoms with E-state index in [0.29, 0.717) is 5.56 Å². The predicted octanol–water partition coefficient (Wildman–Crippen LogP) is 5.83. The van der Waals surface area contributed by atoms with Crippen LogP contribution in [0.3, 0.4) is 0 Å². The summed E-state index contributed by atoms with van der Waals surface area (Å²) in [6, 6.07) is 24.7. The summed E-state index contributed by atoms with van der Waals surface area (Å²) in [5.74, 6) is -1.88. The number of amides is 3. The first-order chi connectivity index (χ1) is 23.3. The Kier molecular flexibility index (Phi) is 13.3. The van der Waals surface area contributed by atoms with Crippen LogP contribution in [0.15, 0.2) is 96.6 Å². The molecule has 0 fully saturated rings. The second kappa shape index (κ2) is 16.6. The van der Waals surface area contributed by atoms with Gasteiger partial charge < -0.3 is 15.5 Å². The van der Waals surface area contributed by atoms with Gasteiger partial charge in [0.25, 0.3) is 5.91 Å². The molecule has 0 aromatic heterocycles. The van der Waals surface area contributed by atoms with Crippen LogP contribution in [-0.2, 0) is 35.6 Å². The zero-order chi connectivity index (χ0) is 37.4. The van der Waals surface area contributed by atoms with Gasteiger partial charge in [-0.1, -0.05) is 139 Å². The van der Waals surface area contributed by atoms with Gasteiger partial charge in [-0.05, 0) is 47.6 Å². The highest BCUT2D eigenvalue weighted by Gasteiger charge is 2.41. The highest BCUT2D eigenvalue weighted by molar-refractivity contribution is 7.89. The lowest BCUT2D eigenvalue weighted by Gasteiger charge is -2.40. The van der Waals surface area contributed by atoms with Crippen LogP contribution in [-0.4, -0.2) is 63.3 Å². The fraction of sp³-hybridized carbons (Fsp3) is 0.425. The summed E-state index contributed by atoms with van der Waals surface area (Å²) >= 11 is 0. The van der Waals surface area contributed by atoms with Crippen LogP contribution < -0.4 is 15.4 Å². The normalized spacial score (nSPS) is 14.4. The molecule has 0 aliphatic carbocycles. The Balaban J connectivity index is 1.81. The number of likely N-dealkylation sites (N-methyl/N-ethyl adjacent to an activating group) is 2. The SMILES string of the molecule is CNC(C(=O)N[C@H](C(=O)N(C)[C@H](/C=C(\C)C(=O)NS(=O)(=O)Cc1ccccc1)C(C)C)C(C)(C)C)C(C)(C)c1ccc(-c2ccccc2)cc1. The smallest absolute Gasteiger partial charge is 0.260 e. The number of carbonyl (C=O) groups is 3. The molecule has 3 rings (SSSR count). The Hall–Kier alpha value is -4.28. The number of benzene rings is 3. The Bertz CT molecular complexity index is 1750. The van der Waals surface area contributed by atoms with Gasteiger partial charge in [-0.25, -0.2) is 13.1 Å². The molecule has 270 valence electrons. The lowest BCUT2D eigenvalue weighted by molar-refractivity contribution is -0.140. The van der Waals surface area contributed by atoms with Gasteiger partial charge in [0.05, 0.1) is 17.8 Å². The third-order valence-corrected chi connectivity index (χ3v) is 10.3. The summed E-state index contributed by atoms with van der Waals surface area (Å²) in [6.45, 7) is 15.0. The molecule has 0 saturated heterocycles. The van der Waals surface area contributed by atoms with Crippen molar-refractivity contribution in [1.29, 1.82) is 0 Å². The molecule has 0 saturated carbocycles. The van der Waals surface area contributed by atoms with Crippen molar-refractivity contribution in [2.45, 2.75) is 84.7 Å². The molecular formula is C40H54N4O5S. The van der Waals surface area contributed by atoms with Crippen molar-refractivity contribution in [2.24, 2.45) is 11.3 Å². The Labute approximate surface area is 299 Å². The fourth-order valence-electron chi connectivity index (χ4n) is 6.07. The third kappa shape index (κ3) is 10.4. The summed E-state index contributed by atoms with van der Waals surface area (Å²) in [6.07, 6.45) is 1.61. The molecule has 0 aliphatic heterocycles. The van der Waals surface area contributed by atoms with Crippen LogP contribution >= 0.6 is 0 Å². The number of nitrogens with zero attached hydrogens (tertiary/aromatic N) is 1. The van der Waals surface area contributed by atoms with Crippen molar-refractivity contribution in [3.05, 3.63) is 108 Å². The standard InChI is InChI=1S/C40H54N4O5S/c1-27(2)33(25-28(3)36(45)43-50(48,49)26-29-17-13-11-14-18-29)44(10)38(47)35(39(4,5)6)42-37(46)34(41-9)40(7,8)32-23-21-31(22-24-32)30-19-15-12-16-20-30/h11-25,27,33-35,41H,26H2,1-10H3,(H,42,46)(H,43,45)/b28-25+/t33-,34?,35-/m1/s1. The molecule has 0 spiro atoms. The van der Waals surface area contributed by atoms with E-state index in [2.05, 4.69) is 27.5 Å². The van der Waals surface area contributed by atoms with Gasteiger partial charge in [-0.3, -0.25) is 14.4 Å². The Morgan fingerprint density at radius 3 is 1.82 bits per heavy atom. The van der Waals surface area contributed by atoms with Crippen molar-refractivity contribution in [1.82, 2.24) is 20.3 Å². The molecule has 0 radical (unpaired) electrons. The summed E-state index contributed by atoms with van der Waals surface area (Å²) in [4.78, 5) is 42.8. The molecule has 3 aromatic rings. The maximum absolute atomic E-state index is 14.2. The van der Waals surface area contributed by atoms with Crippen LogP contribution in [0, 0.1) is 11.3 Å². The van der Waals surface area contributed by atoms with Crippen LogP contribution in [0.4, 0.5) is 0 Å². The summed E-state index contributed by atoms with van der Waals surface area (Å²) in [5.41, 5.74) is 2.56. The molecule has 10 heteroatoms. The third-order valence-electron chi connectivity index (χ3n) is 9.11. The van der Waals surface area contributed by atoms with Gasteiger partial charge in [-0.2, -0.15) is 0 Å². The van der Waals surface area contributed by atoms with E-state index in [1.54, 1.807) is 50.5 Å². The first-order valence-electron chi connectivity index (χ1n) is 17.0. The molecule has 0 aliphatic rings. The second-order valence-corrected chi connectivity index (χ2v) is 16.6. The van der Waals surface area contributed by atoms with E-state index < -0.39 is 44.9 Å². The minimum atomic E-state index is -3.95. The molecule has 0 heterocycles. The second-order valence-electron chi connectivity index (χ2n) is 14.9. The summed E-state index contributed by atoms with van der Waals surface area (Å²) < 4.78 is 27.6. The fourth-order valence-corrected chi connectivity index (χ4v) is 7.22. The molecule has 1 unspecified atom stereocenters. The first-order valence-corrected chi connectivity index (χ1v) is 18.6. The van der Waals surface area contributed by atoms with Crippen molar-refractivity contribution in [2.75, 3.05) is 14.1 Å². The molecule has 9 nitrogen and oxygen atoms in total. The van der Waals surface area contributed by atoms with Gasteiger partial charge in [-0.15, -0.1) is 0 Å². The molecule has 3 amide bonds. The minimum absolute atomic E-state index is 0.133. The maximum atomic E-state index is 14.2. The van der Waals surface area contributed by atoms with E-state index in [-0.39, 0.29) is 29.1 Å². The number of carbonyl (C=O) groups excluding carboxylic acids is 3. The number of nitrogens with one attached hydrogen (secondary N) is 3. The van der Waals surface area contributed by atoms with E-state index in [1.165, 1.54) is 11.8 Å². The van der Waals surface area contributed by atoms with Gasteiger partial charge in [0.1, 0.15) is 6.04 Å². The molecule has 3 atom stereocenters. The van der Waals surface area contributed by atoms with E-state index in [9.17, 15) is 22.8 Å². The van der Waals surface area contributed by atoms with Crippen LogP contribution in [0.1, 0.15) is 66.5 Å². The van der Waals surface area contributed by atoms with Crippen LogP contribution in [0.25, 0.3) is 11.1 Å². The largest absolute Gasteiger partial charge is 0.342 e. The minimum Gasteiger partial charge on any atom is -0.342 e. The van der Waals surface area contributed by atoms with E-state index in [1.807, 2.05) is 90.9 Å².